The number of carbonyl (C=O) groups excluding carboxylic acids is 2. The lowest BCUT2D eigenvalue weighted by molar-refractivity contribution is -0.519. The van der Waals surface area contributed by atoms with Crippen LogP contribution in [-0.4, -0.2) is 17.5 Å². The van der Waals surface area contributed by atoms with Gasteiger partial charge >= 0.3 is 11.9 Å². The molecule has 0 atom stereocenters. The number of carbonyl (C=O) groups is 2. The zero-order valence-corrected chi connectivity index (χ0v) is 13.1. The van der Waals surface area contributed by atoms with Crippen molar-refractivity contribution in [3.63, 3.8) is 0 Å². The Morgan fingerprint density at radius 2 is 1.64 bits per heavy atom. The molecular weight excluding hydrogens is 288 g/mol. The summed E-state index contributed by atoms with van der Waals surface area (Å²) in [4.78, 5) is 32.1. The Bertz CT molecular complexity index is 519. The first-order chi connectivity index (χ1) is 10.3. The molecule has 22 heavy (non-hydrogen) atoms. The number of ether oxygens (including phenoxy) is 1. The van der Waals surface area contributed by atoms with Gasteiger partial charge in [-0.25, -0.2) is 9.59 Å². The lowest BCUT2D eigenvalue weighted by Gasteiger charge is -2.25. The topological polar surface area (TPSA) is 71.1 Å². The molecule has 6 nitrogen and oxygen atoms in total. The molecule has 0 saturated carbocycles. The van der Waals surface area contributed by atoms with Crippen LogP contribution in [0.25, 0.3) is 0 Å². The second-order valence-corrected chi connectivity index (χ2v) is 5.38. The molecule has 0 aromatic heterocycles. The van der Waals surface area contributed by atoms with Crippen molar-refractivity contribution in [1.29, 1.82) is 0 Å². The fourth-order valence-electron chi connectivity index (χ4n) is 1.04. The number of rotatable bonds is 7. The minimum Gasteiger partial charge on any atom is -0.423 e. The molecule has 0 aliphatic rings. The predicted molar refractivity (Wildman–Crippen MR) is 78.4 cm³/mol. The number of para-hydroxylation sites is 1. The molecule has 0 aliphatic carbocycles. The van der Waals surface area contributed by atoms with Gasteiger partial charge in [-0.3, -0.25) is 4.89 Å². The first-order valence-electron chi connectivity index (χ1n) is 6.82. The van der Waals surface area contributed by atoms with Crippen molar-refractivity contribution in [2.75, 3.05) is 0 Å². The van der Waals surface area contributed by atoms with Crippen molar-refractivity contribution in [2.24, 2.45) is 5.92 Å². The van der Waals surface area contributed by atoms with Gasteiger partial charge in [0, 0.05) is 12.2 Å². The Labute approximate surface area is 129 Å². The van der Waals surface area contributed by atoms with Crippen LogP contribution in [0.3, 0.4) is 0 Å². The first kappa shape index (κ1) is 17.9. The predicted octanol–water partition coefficient (Wildman–Crippen LogP) is 2.99. The van der Waals surface area contributed by atoms with E-state index in [1.165, 1.54) is 0 Å². The molecule has 0 fully saturated rings. The highest BCUT2D eigenvalue weighted by molar-refractivity contribution is 5.92. The Morgan fingerprint density at radius 3 is 2.23 bits per heavy atom. The monoisotopic (exact) mass is 308 g/mol. The van der Waals surface area contributed by atoms with Crippen LogP contribution < -0.4 is 4.74 Å². The largest absolute Gasteiger partial charge is 0.423 e. The molecule has 1 aromatic carbocycles. The Morgan fingerprint density at radius 1 is 1.05 bits per heavy atom. The molecule has 120 valence electrons. The molecule has 0 bridgehead atoms. The van der Waals surface area contributed by atoms with Crippen molar-refractivity contribution < 1.29 is 29.1 Å². The van der Waals surface area contributed by atoms with Gasteiger partial charge in [-0.2, -0.15) is 4.89 Å². The van der Waals surface area contributed by atoms with E-state index in [0.29, 0.717) is 5.75 Å². The third-order valence-corrected chi connectivity index (χ3v) is 3.07. The van der Waals surface area contributed by atoms with Crippen molar-refractivity contribution in [3.05, 3.63) is 42.5 Å². The molecule has 0 aliphatic heterocycles. The van der Waals surface area contributed by atoms with E-state index in [-0.39, 0.29) is 5.92 Å². The molecule has 1 rings (SSSR count). The summed E-state index contributed by atoms with van der Waals surface area (Å²) in [6.45, 7) is 7.45. The zero-order valence-electron chi connectivity index (χ0n) is 13.1. The van der Waals surface area contributed by atoms with Gasteiger partial charge in [-0.05, 0) is 36.9 Å². The van der Waals surface area contributed by atoms with Crippen LogP contribution in [0.15, 0.2) is 42.5 Å². The average molecular weight is 308 g/mol. The second kappa shape index (κ2) is 8.31. The smallest absolute Gasteiger partial charge is 0.369 e. The summed E-state index contributed by atoms with van der Waals surface area (Å²) in [7, 11) is 0. The van der Waals surface area contributed by atoms with Gasteiger partial charge in [0.05, 0.1) is 0 Å². The summed E-state index contributed by atoms with van der Waals surface area (Å²) in [5, 5.41) is 4.42. The van der Waals surface area contributed by atoms with Crippen LogP contribution in [0.2, 0.25) is 0 Å². The molecule has 0 heterocycles. The Hall–Kier alpha value is -2.18. The van der Waals surface area contributed by atoms with Crippen LogP contribution in [0.4, 0.5) is 0 Å². The summed E-state index contributed by atoms with van der Waals surface area (Å²) >= 11 is 0. The van der Waals surface area contributed by atoms with Gasteiger partial charge in [0.1, 0.15) is 11.4 Å². The summed E-state index contributed by atoms with van der Waals surface area (Å²) in [6.07, 6.45) is 1.82. The van der Waals surface area contributed by atoms with Crippen molar-refractivity contribution in [1.82, 2.24) is 0 Å². The van der Waals surface area contributed by atoms with Crippen LogP contribution in [0, 0.1) is 5.92 Å². The number of esters is 1. The average Bonchev–Trinajstić information content (AvgIpc) is 2.46. The van der Waals surface area contributed by atoms with Gasteiger partial charge in [0.15, 0.2) is 0 Å². The minimum atomic E-state index is -0.885. The van der Waals surface area contributed by atoms with Crippen molar-refractivity contribution >= 4 is 11.9 Å². The minimum absolute atomic E-state index is 0.155. The quantitative estimate of drug-likeness (QED) is 0.253. The Balaban J connectivity index is 2.34. The highest BCUT2D eigenvalue weighted by atomic mass is 17.5. The van der Waals surface area contributed by atoms with E-state index < -0.39 is 17.5 Å². The van der Waals surface area contributed by atoms with Gasteiger partial charge < -0.3 is 4.74 Å². The maximum absolute atomic E-state index is 11.5. The number of hydrogen-bond donors (Lipinski definition) is 0. The van der Waals surface area contributed by atoms with E-state index in [0.717, 1.165) is 12.2 Å². The number of benzene rings is 1. The first-order valence-corrected chi connectivity index (χ1v) is 6.82. The lowest BCUT2D eigenvalue weighted by atomic mass is 9.95. The second-order valence-electron chi connectivity index (χ2n) is 5.38. The molecule has 6 heteroatoms. The van der Waals surface area contributed by atoms with E-state index in [4.69, 9.17) is 9.62 Å². The molecular formula is C16H20O6. The van der Waals surface area contributed by atoms with E-state index >= 15 is 0 Å². The summed E-state index contributed by atoms with van der Waals surface area (Å²) in [6, 6.07) is 8.48. The summed E-state index contributed by atoms with van der Waals surface area (Å²) in [5.74, 6) is -1.05. The van der Waals surface area contributed by atoms with Gasteiger partial charge in [0.2, 0.25) is 0 Å². The van der Waals surface area contributed by atoms with Crippen molar-refractivity contribution in [2.45, 2.75) is 33.3 Å². The molecule has 1 aromatic rings. The van der Waals surface area contributed by atoms with Gasteiger partial charge in [-0.15, -0.1) is 0 Å². The molecule has 0 unspecified atom stereocenters. The standard InChI is InChI=1S/C16H20O6/c1-12(2)16(3,4)21-22-20-15(18)11-10-14(17)19-13-8-6-5-7-9-13/h5-12H,1-4H3. The summed E-state index contributed by atoms with van der Waals surface area (Å²) in [5.41, 5.74) is -0.615. The van der Waals surface area contributed by atoms with E-state index in [9.17, 15) is 9.59 Å². The van der Waals surface area contributed by atoms with Gasteiger partial charge in [0.25, 0.3) is 0 Å². The lowest BCUT2D eigenvalue weighted by Crippen LogP contribution is -2.31. The SMILES string of the molecule is CC(C)C(C)(C)OOOC(=O)C=CC(=O)Oc1ccccc1. The highest BCUT2D eigenvalue weighted by Crippen LogP contribution is 2.20. The van der Waals surface area contributed by atoms with Crippen LogP contribution in [-0.2, 0) is 24.4 Å². The molecule has 0 spiro atoms. The Kier molecular flexibility index (Phi) is 6.75. The third-order valence-electron chi connectivity index (χ3n) is 3.07. The van der Waals surface area contributed by atoms with E-state index in [1.54, 1.807) is 44.2 Å². The maximum Gasteiger partial charge on any atom is 0.369 e. The van der Waals surface area contributed by atoms with Crippen LogP contribution in [0.5, 0.6) is 5.75 Å². The number of hydrogen-bond acceptors (Lipinski definition) is 6. The third kappa shape index (κ3) is 6.51. The van der Waals surface area contributed by atoms with Gasteiger partial charge in [-0.1, -0.05) is 32.0 Å². The van der Waals surface area contributed by atoms with Crippen LogP contribution >= 0.6 is 0 Å². The van der Waals surface area contributed by atoms with E-state index in [2.05, 4.69) is 9.93 Å². The molecule has 0 amide bonds. The normalized spacial score (nSPS) is 11.7. The molecule has 0 saturated heterocycles. The van der Waals surface area contributed by atoms with E-state index in [1.807, 2.05) is 13.8 Å². The molecule has 0 radical (unpaired) electrons. The highest BCUT2D eigenvalue weighted by Gasteiger charge is 2.25. The maximum atomic E-state index is 11.5. The fraction of sp³-hybridized carbons (Fsp3) is 0.375. The summed E-state index contributed by atoms with van der Waals surface area (Å²) < 4.78 is 4.95. The van der Waals surface area contributed by atoms with Crippen molar-refractivity contribution in [3.8, 4) is 5.75 Å². The van der Waals surface area contributed by atoms with Crippen LogP contribution in [0.1, 0.15) is 27.7 Å². The molecule has 0 N–H and O–H groups in total. The fourth-order valence-corrected chi connectivity index (χ4v) is 1.04. The zero-order chi connectivity index (χ0) is 16.6.